The van der Waals surface area contributed by atoms with Gasteiger partial charge < -0.3 is 4.90 Å². The molecule has 0 unspecified atom stereocenters. The predicted octanol–water partition coefficient (Wildman–Crippen LogP) is 1.76. The van der Waals surface area contributed by atoms with Crippen LogP contribution >= 0.6 is 0 Å². The summed E-state index contributed by atoms with van der Waals surface area (Å²) in [7, 11) is 0. The average Bonchev–Trinajstić information content (AvgIpc) is 2.72. The second-order valence-corrected chi connectivity index (χ2v) is 4.02. The van der Waals surface area contributed by atoms with E-state index in [2.05, 4.69) is 10.00 Å². The van der Waals surface area contributed by atoms with Crippen LogP contribution in [0.1, 0.15) is 25.7 Å². The van der Waals surface area contributed by atoms with Crippen molar-refractivity contribution in [1.29, 1.82) is 0 Å². The summed E-state index contributed by atoms with van der Waals surface area (Å²) < 4.78 is 2.02. The Labute approximate surface area is 85.7 Å². The summed E-state index contributed by atoms with van der Waals surface area (Å²) in [4.78, 5) is 2.58. The Morgan fingerprint density at radius 1 is 1.07 bits per heavy atom. The van der Waals surface area contributed by atoms with E-state index in [1.807, 2.05) is 23.1 Å². The van der Waals surface area contributed by atoms with Crippen LogP contribution in [-0.2, 0) is 6.54 Å². The average molecular weight is 193 g/mol. The van der Waals surface area contributed by atoms with Crippen LogP contribution in [0, 0.1) is 0 Å². The van der Waals surface area contributed by atoms with Crippen molar-refractivity contribution in [1.82, 2.24) is 14.7 Å². The molecule has 0 saturated carbocycles. The normalized spacial score (nSPS) is 18.6. The van der Waals surface area contributed by atoms with E-state index in [9.17, 15) is 0 Å². The van der Waals surface area contributed by atoms with E-state index in [0.717, 1.165) is 6.54 Å². The molecule has 3 nitrogen and oxygen atoms in total. The van der Waals surface area contributed by atoms with E-state index in [1.54, 1.807) is 0 Å². The van der Waals surface area contributed by atoms with Gasteiger partial charge in [-0.15, -0.1) is 0 Å². The van der Waals surface area contributed by atoms with Gasteiger partial charge in [0, 0.05) is 18.9 Å². The molecule has 0 amide bonds. The molecule has 0 radical (unpaired) electrons. The molecule has 2 heterocycles. The Morgan fingerprint density at radius 2 is 1.93 bits per heavy atom. The number of rotatable bonds is 4. The van der Waals surface area contributed by atoms with Gasteiger partial charge in [-0.2, -0.15) is 5.10 Å². The van der Waals surface area contributed by atoms with E-state index < -0.39 is 0 Å². The van der Waals surface area contributed by atoms with Crippen molar-refractivity contribution in [2.45, 2.75) is 32.2 Å². The summed E-state index contributed by atoms with van der Waals surface area (Å²) in [6.45, 7) is 4.90. The zero-order valence-electron chi connectivity index (χ0n) is 8.73. The lowest BCUT2D eigenvalue weighted by atomic mass is 10.1. The molecule has 1 aliphatic rings. The molecule has 2 rings (SSSR count). The van der Waals surface area contributed by atoms with Crippen molar-refractivity contribution < 1.29 is 0 Å². The maximum absolute atomic E-state index is 4.20. The Hall–Kier alpha value is -0.830. The quantitative estimate of drug-likeness (QED) is 0.726. The van der Waals surface area contributed by atoms with Crippen LogP contribution in [0.2, 0.25) is 0 Å². The summed E-state index contributed by atoms with van der Waals surface area (Å²) in [5, 5.41) is 4.20. The minimum absolute atomic E-state index is 1.06. The SMILES string of the molecule is c1cnn(CCCN2CCCCC2)c1. The van der Waals surface area contributed by atoms with E-state index in [1.165, 1.54) is 45.3 Å². The van der Waals surface area contributed by atoms with Crippen LogP contribution in [0.25, 0.3) is 0 Å². The largest absolute Gasteiger partial charge is 0.303 e. The molecule has 0 bridgehead atoms. The summed E-state index contributed by atoms with van der Waals surface area (Å²) in [5.41, 5.74) is 0. The summed E-state index contributed by atoms with van der Waals surface area (Å²) in [5.74, 6) is 0. The minimum atomic E-state index is 1.06. The number of piperidine rings is 1. The Balaban J connectivity index is 1.62. The van der Waals surface area contributed by atoms with Crippen molar-refractivity contribution in [3.63, 3.8) is 0 Å². The summed E-state index contributed by atoms with van der Waals surface area (Å²) >= 11 is 0. The first-order valence-electron chi connectivity index (χ1n) is 5.65. The Kier molecular flexibility index (Phi) is 3.57. The number of likely N-dealkylation sites (tertiary alicyclic amines) is 1. The fourth-order valence-electron chi connectivity index (χ4n) is 2.07. The zero-order chi connectivity index (χ0) is 9.64. The van der Waals surface area contributed by atoms with Crippen LogP contribution in [0.3, 0.4) is 0 Å². The van der Waals surface area contributed by atoms with Crippen LogP contribution < -0.4 is 0 Å². The second kappa shape index (κ2) is 5.15. The minimum Gasteiger partial charge on any atom is -0.303 e. The topological polar surface area (TPSA) is 21.1 Å². The number of hydrogen-bond donors (Lipinski definition) is 0. The van der Waals surface area contributed by atoms with E-state index >= 15 is 0 Å². The maximum Gasteiger partial charge on any atom is 0.0489 e. The third kappa shape index (κ3) is 2.84. The van der Waals surface area contributed by atoms with Crippen molar-refractivity contribution >= 4 is 0 Å². The zero-order valence-corrected chi connectivity index (χ0v) is 8.73. The highest BCUT2D eigenvalue weighted by Crippen LogP contribution is 2.08. The van der Waals surface area contributed by atoms with Crippen molar-refractivity contribution in [2.24, 2.45) is 0 Å². The molecule has 3 heteroatoms. The van der Waals surface area contributed by atoms with Gasteiger partial charge in [0.15, 0.2) is 0 Å². The van der Waals surface area contributed by atoms with Gasteiger partial charge in [-0.3, -0.25) is 4.68 Å². The van der Waals surface area contributed by atoms with Gasteiger partial charge in [-0.25, -0.2) is 0 Å². The predicted molar refractivity (Wildman–Crippen MR) is 57.1 cm³/mol. The number of aryl methyl sites for hydroxylation is 1. The third-order valence-corrected chi connectivity index (χ3v) is 2.87. The van der Waals surface area contributed by atoms with E-state index in [4.69, 9.17) is 0 Å². The van der Waals surface area contributed by atoms with Crippen LogP contribution in [0.4, 0.5) is 0 Å². The molecule has 14 heavy (non-hydrogen) atoms. The molecule has 1 aromatic rings. The molecular formula is C11H19N3. The third-order valence-electron chi connectivity index (χ3n) is 2.87. The maximum atomic E-state index is 4.20. The monoisotopic (exact) mass is 193 g/mol. The van der Waals surface area contributed by atoms with Crippen LogP contribution in [0.5, 0.6) is 0 Å². The van der Waals surface area contributed by atoms with Gasteiger partial charge in [0.05, 0.1) is 0 Å². The number of aromatic nitrogens is 2. The number of nitrogens with zero attached hydrogens (tertiary/aromatic N) is 3. The summed E-state index contributed by atoms with van der Waals surface area (Å²) in [6, 6.07) is 1.99. The lowest BCUT2D eigenvalue weighted by molar-refractivity contribution is 0.222. The van der Waals surface area contributed by atoms with Gasteiger partial charge >= 0.3 is 0 Å². The number of hydrogen-bond acceptors (Lipinski definition) is 2. The van der Waals surface area contributed by atoms with Gasteiger partial charge in [0.25, 0.3) is 0 Å². The molecule has 0 N–H and O–H groups in total. The van der Waals surface area contributed by atoms with Gasteiger partial charge in [-0.05, 0) is 45.0 Å². The fraction of sp³-hybridized carbons (Fsp3) is 0.727. The van der Waals surface area contributed by atoms with E-state index in [-0.39, 0.29) is 0 Å². The van der Waals surface area contributed by atoms with E-state index in [0.29, 0.717) is 0 Å². The highest BCUT2D eigenvalue weighted by Gasteiger charge is 2.08. The molecule has 0 atom stereocenters. The first kappa shape index (κ1) is 9.71. The van der Waals surface area contributed by atoms with Crippen molar-refractivity contribution in [3.05, 3.63) is 18.5 Å². The first-order valence-corrected chi connectivity index (χ1v) is 5.65. The lowest BCUT2D eigenvalue weighted by Gasteiger charge is -2.26. The fourth-order valence-corrected chi connectivity index (χ4v) is 2.07. The molecule has 1 fully saturated rings. The Bertz CT molecular complexity index is 237. The molecule has 0 spiro atoms. The highest BCUT2D eigenvalue weighted by molar-refractivity contribution is 4.77. The smallest absolute Gasteiger partial charge is 0.0489 e. The van der Waals surface area contributed by atoms with Crippen molar-refractivity contribution in [2.75, 3.05) is 19.6 Å². The molecule has 0 aliphatic carbocycles. The summed E-state index contributed by atoms with van der Waals surface area (Å²) in [6.07, 6.45) is 9.32. The second-order valence-electron chi connectivity index (χ2n) is 4.02. The van der Waals surface area contributed by atoms with Gasteiger partial charge in [0.2, 0.25) is 0 Å². The molecule has 1 aromatic heterocycles. The van der Waals surface area contributed by atoms with Crippen LogP contribution in [0.15, 0.2) is 18.5 Å². The molecule has 78 valence electrons. The lowest BCUT2D eigenvalue weighted by Crippen LogP contribution is -2.31. The Morgan fingerprint density at radius 3 is 2.64 bits per heavy atom. The standard InChI is InChI=1S/C11H19N3/c1-2-7-13(8-3-1)9-5-11-14-10-4-6-12-14/h4,6,10H,1-3,5,7-9,11H2. The molecule has 1 aliphatic heterocycles. The van der Waals surface area contributed by atoms with Crippen molar-refractivity contribution in [3.8, 4) is 0 Å². The highest BCUT2D eigenvalue weighted by atomic mass is 15.3. The molecule has 0 aromatic carbocycles. The van der Waals surface area contributed by atoms with Gasteiger partial charge in [-0.1, -0.05) is 6.42 Å². The first-order chi connectivity index (χ1) is 6.95. The van der Waals surface area contributed by atoms with Gasteiger partial charge in [0.1, 0.15) is 0 Å². The molecule has 1 saturated heterocycles. The molecular weight excluding hydrogens is 174 g/mol. The van der Waals surface area contributed by atoms with Crippen LogP contribution in [-0.4, -0.2) is 34.3 Å².